The molecular formula is C25H26ClN3O4. The SMILES string of the molecule is CC1Oc2ccc(C(=O)C3CCN(C(=O)NC4CCc5c(Cl)cccc54)CC3)cc2NC1=O. The molecular weight excluding hydrogens is 442 g/mol. The molecule has 1 saturated heterocycles. The number of likely N-dealkylation sites (tertiary alicyclic amines) is 1. The first kappa shape index (κ1) is 21.8. The normalized spacial score (nSPS) is 22.1. The Balaban J connectivity index is 1.18. The average molecular weight is 468 g/mol. The molecule has 1 aliphatic carbocycles. The number of urea groups is 1. The van der Waals surface area contributed by atoms with Crippen molar-refractivity contribution < 1.29 is 19.1 Å². The maximum atomic E-state index is 13.1. The van der Waals surface area contributed by atoms with Gasteiger partial charge >= 0.3 is 6.03 Å². The summed E-state index contributed by atoms with van der Waals surface area (Å²) in [5.74, 6) is 0.223. The van der Waals surface area contributed by atoms with Crippen LogP contribution < -0.4 is 15.4 Å². The van der Waals surface area contributed by atoms with E-state index in [0.717, 1.165) is 29.0 Å². The highest BCUT2D eigenvalue weighted by Crippen LogP contribution is 2.36. The maximum absolute atomic E-state index is 13.1. The van der Waals surface area contributed by atoms with Crippen molar-refractivity contribution in [3.05, 3.63) is 58.1 Å². The van der Waals surface area contributed by atoms with Crippen LogP contribution in [0.25, 0.3) is 0 Å². The van der Waals surface area contributed by atoms with E-state index in [-0.39, 0.29) is 29.7 Å². The van der Waals surface area contributed by atoms with Gasteiger partial charge in [-0.15, -0.1) is 0 Å². The average Bonchev–Trinajstić information content (AvgIpc) is 3.23. The van der Waals surface area contributed by atoms with Gasteiger partial charge in [0.05, 0.1) is 11.7 Å². The zero-order chi connectivity index (χ0) is 23.1. The third kappa shape index (κ3) is 4.17. The van der Waals surface area contributed by atoms with E-state index < -0.39 is 6.10 Å². The van der Waals surface area contributed by atoms with Crippen LogP contribution in [0.1, 0.15) is 53.7 Å². The number of carbonyl (C=O) groups is 3. The fourth-order valence-corrected chi connectivity index (χ4v) is 5.22. The molecule has 2 heterocycles. The van der Waals surface area contributed by atoms with Crippen molar-refractivity contribution in [2.75, 3.05) is 18.4 Å². The highest BCUT2D eigenvalue weighted by Gasteiger charge is 2.32. The van der Waals surface area contributed by atoms with Crippen LogP contribution in [-0.4, -0.2) is 41.8 Å². The molecule has 3 amide bonds. The Hall–Kier alpha value is -3.06. The number of Topliss-reactive ketones (excluding diaryl/α,β-unsaturated/α-hetero) is 1. The summed E-state index contributed by atoms with van der Waals surface area (Å²) in [5.41, 5.74) is 3.29. The number of halogens is 1. The van der Waals surface area contributed by atoms with Crippen LogP contribution in [0.15, 0.2) is 36.4 Å². The minimum atomic E-state index is -0.552. The van der Waals surface area contributed by atoms with Crippen molar-refractivity contribution >= 4 is 35.0 Å². The van der Waals surface area contributed by atoms with Crippen molar-refractivity contribution in [3.63, 3.8) is 0 Å². The quantitative estimate of drug-likeness (QED) is 0.657. The second-order valence-electron chi connectivity index (χ2n) is 8.93. The molecule has 3 aliphatic rings. The lowest BCUT2D eigenvalue weighted by Crippen LogP contribution is -2.46. The lowest BCUT2D eigenvalue weighted by atomic mass is 9.88. The van der Waals surface area contributed by atoms with Crippen LogP contribution >= 0.6 is 11.6 Å². The number of nitrogens with one attached hydrogen (secondary N) is 2. The van der Waals surface area contributed by atoms with E-state index in [4.69, 9.17) is 16.3 Å². The van der Waals surface area contributed by atoms with Gasteiger partial charge in [0, 0.05) is 29.6 Å². The van der Waals surface area contributed by atoms with Gasteiger partial charge in [-0.05, 0) is 68.0 Å². The second-order valence-corrected chi connectivity index (χ2v) is 9.34. The minimum Gasteiger partial charge on any atom is -0.479 e. The summed E-state index contributed by atoms with van der Waals surface area (Å²) in [6, 6.07) is 10.9. The molecule has 5 rings (SSSR count). The van der Waals surface area contributed by atoms with E-state index in [1.165, 1.54) is 0 Å². The van der Waals surface area contributed by atoms with Crippen LogP contribution in [0.3, 0.4) is 0 Å². The number of rotatable bonds is 3. The first-order valence-electron chi connectivity index (χ1n) is 11.4. The van der Waals surface area contributed by atoms with Crippen molar-refractivity contribution in [3.8, 4) is 5.75 Å². The molecule has 2 aliphatic heterocycles. The highest BCUT2D eigenvalue weighted by atomic mass is 35.5. The summed E-state index contributed by atoms with van der Waals surface area (Å²) in [7, 11) is 0. The minimum absolute atomic E-state index is 0.0267. The Kier molecular flexibility index (Phi) is 5.74. The number of hydrogen-bond donors (Lipinski definition) is 2. The van der Waals surface area contributed by atoms with Crippen LogP contribution in [0, 0.1) is 5.92 Å². The Labute approximate surface area is 197 Å². The van der Waals surface area contributed by atoms with Gasteiger partial charge in [-0.2, -0.15) is 0 Å². The van der Waals surface area contributed by atoms with Gasteiger partial charge in [-0.1, -0.05) is 23.7 Å². The summed E-state index contributed by atoms with van der Waals surface area (Å²) < 4.78 is 5.57. The highest BCUT2D eigenvalue weighted by molar-refractivity contribution is 6.31. The lowest BCUT2D eigenvalue weighted by Gasteiger charge is -2.32. The first-order chi connectivity index (χ1) is 15.9. The van der Waals surface area contributed by atoms with E-state index in [1.807, 2.05) is 18.2 Å². The van der Waals surface area contributed by atoms with Crippen LogP contribution in [-0.2, 0) is 11.2 Å². The molecule has 33 heavy (non-hydrogen) atoms. The predicted octanol–water partition coefficient (Wildman–Crippen LogP) is 4.35. The number of anilines is 1. The molecule has 0 saturated carbocycles. The molecule has 172 valence electrons. The summed E-state index contributed by atoms with van der Waals surface area (Å²) in [4.78, 5) is 39.6. The van der Waals surface area contributed by atoms with Gasteiger partial charge in [-0.25, -0.2) is 4.79 Å². The second kappa shape index (κ2) is 8.71. The standard InChI is InChI=1S/C25H26ClN3O4/c1-14-24(31)27-21-13-16(5-8-22(21)33-14)23(30)15-9-11-29(12-10-15)25(32)28-20-7-6-17-18(20)3-2-4-19(17)26/h2-5,8,13-15,20H,6-7,9-12H2,1H3,(H,27,31)(H,28,32). The molecule has 8 heteroatoms. The summed E-state index contributed by atoms with van der Waals surface area (Å²) in [5, 5.41) is 6.68. The molecule has 1 fully saturated rings. The fourth-order valence-electron chi connectivity index (χ4n) is 4.94. The smallest absolute Gasteiger partial charge is 0.317 e. The van der Waals surface area contributed by atoms with Crippen LogP contribution in [0.2, 0.25) is 5.02 Å². The number of benzene rings is 2. The fraction of sp³-hybridized carbons (Fsp3) is 0.400. The summed E-state index contributed by atoms with van der Waals surface area (Å²) in [6.45, 7) is 2.74. The van der Waals surface area contributed by atoms with E-state index in [2.05, 4.69) is 10.6 Å². The number of amides is 3. The molecule has 0 spiro atoms. The number of hydrogen-bond acceptors (Lipinski definition) is 4. The molecule has 2 atom stereocenters. The third-order valence-electron chi connectivity index (χ3n) is 6.86. The molecule has 0 radical (unpaired) electrons. The van der Waals surface area contributed by atoms with E-state index in [0.29, 0.717) is 42.9 Å². The zero-order valence-corrected chi connectivity index (χ0v) is 19.2. The number of piperidine rings is 1. The number of fused-ring (bicyclic) bond motifs is 2. The molecule has 7 nitrogen and oxygen atoms in total. The number of ether oxygens (including phenoxy) is 1. The first-order valence-corrected chi connectivity index (χ1v) is 11.8. The molecule has 2 aromatic carbocycles. The number of ketones is 1. The monoisotopic (exact) mass is 467 g/mol. The lowest BCUT2D eigenvalue weighted by molar-refractivity contribution is -0.122. The topological polar surface area (TPSA) is 87.7 Å². The molecule has 2 aromatic rings. The van der Waals surface area contributed by atoms with Crippen molar-refractivity contribution in [1.29, 1.82) is 0 Å². The molecule has 0 aromatic heterocycles. The Bertz CT molecular complexity index is 1130. The Morgan fingerprint density at radius 3 is 2.73 bits per heavy atom. The van der Waals surface area contributed by atoms with Gasteiger partial charge in [0.25, 0.3) is 5.91 Å². The maximum Gasteiger partial charge on any atom is 0.317 e. The van der Waals surface area contributed by atoms with Gasteiger partial charge in [-0.3, -0.25) is 9.59 Å². The van der Waals surface area contributed by atoms with E-state index >= 15 is 0 Å². The Morgan fingerprint density at radius 1 is 1.15 bits per heavy atom. The van der Waals surface area contributed by atoms with Gasteiger partial charge in [0.2, 0.25) is 0 Å². The number of carbonyl (C=O) groups excluding carboxylic acids is 3. The van der Waals surface area contributed by atoms with Crippen LogP contribution in [0.4, 0.5) is 10.5 Å². The third-order valence-corrected chi connectivity index (χ3v) is 7.21. The van der Waals surface area contributed by atoms with Gasteiger partial charge in [0.15, 0.2) is 11.9 Å². The van der Waals surface area contributed by atoms with E-state index in [1.54, 1.807) is 30.0 Å². The van der Waals surface area contributed by atoms with Gasteiger partial charge in [0.1, 0.15) is 5.75 Å². The van der Waals surface area contributed by atoms with E-state index in [9.17, 15) is 14.4 Å². The largest absolute Gasteiger partial charge is 0.479 e. The molecule has 2 N–H and O–H groups in total. The van der Waals surface area contributed by atoms with Crippen molar-refractivity contribution in [2.45, 2.75) is 44.8 Å². The van der Waals surface area contributed by atoms with Crippen LogP contribution in [0.5, 0.6) is 5.75 Å². The van der Waals surface area contributed by atoms with Gasteiger partial charge < -0.3 is 20.3 Å². The Morgan fingerprint density at radius 2 is 1.94 bits per heavy atom. The zero-order valence-electron chi connectivity index (χ0n) is 18.4. The number of nitrogens with zero attached hydrogens (tertiary/aromatic N) is 1. The molecule has 0 bridgehead atoms. The molecule has 2 unspecified atom stereocenters. The van der Waals surface area contributed by atoms with Crippen molar-refractivity contribution in [2.24, 2.45) is 5.92 Å². The predicted molar refractivity (Wildman–Crippen MR) is 125 cm³/mol. The summed E-state index contributed by atoms with van der Waals surface area (Å²) >= 11 is 6.29. The van der Waals surface area contributed by atoms with Crippen molar-refractivity contribution in [1.82, 2.24) is 10.2 Å². The summed E-state index contributed by atoms with van der Waals surface area (Å²) in [6.07, 6.45) is 2.37.